The molecule has 0 unspecified atom stereocenters. The largest absolute Gasteiger partial charge is 0.417 e. The summed E-state index contributed by atoms with van der Waals surface area (Å²) in [6, 6.07) is 4.48. The quantitative estimate of drug-likeness (QED) is 0.335. The van der Waals surface area contributed by atoms with Crippen molar-refractivity contribution in [2.75, 3.05) is 31.1 Å². The predicted octanol–water partition coefficient (Wildman–Crippen LogP) is 5.98. The molecule has 0 bridgehead atoms. The Morgan fingerprint density at radius 2 is 1.43 bits per heavy atom. The number of rotatable bonds is 5. The van der Waals surface area contributed by atoms with E-state index in [1.165, 1.54) is 16.4 Å². The first kappa shape index (κ1) is 27.9. The first-order chi connectivity index (χ1) is 17.2. The minimum absolute atomic E-state index is 0.0321. The third kappa shape index (κ3) is 6.14. The summed E-state index contributed by atoms with van der Waals surface area (Å²) in [7, 11) is -3.89. The highest BCUT2D eigenvalue weighted by Gasteiger charge is 2.34. The number of anilines is 1. The molecule has 3 aromatic rings. The molecular formula is C21H16Cl2F6N4O2S2. The van der Waals surface area contributed by atoms with Crippen LogP contribution in [0.5, 0.6) is 0 Å². The van der Waals surface area contributed by atoms with Gasteiger partial charge in [-0.3, -0.25) is 4.98 Å². The standard InChI is InChI=1S/C21H16Cl2F6N4O2S2/c22-15-7-12(20(24,25)26)10-30-17(15)9-14-1-2-18(36-14)37(34,35)33-5-3-32(4-6-33)19-16(23)8-13(11-31-19)21(27,28)29/h1-2,7-8,10-11H,3-6,9H2. The third-order valence-electron chi connectivity index (χ3n) is 5.50. The van der Waals surface area contributed by atoms with Gasteiger partial charge in [-0.2, -0.15) is 30.6 Å². The molecule has 200 valence electrons. The Balaban J connectivity index is 1.43. The highest BCUT2D eigenvalue weighted by Crippen LogP contribution is 2.35. The van der Waals surface area contributed by atoms with Crippen molar-refractivity contribution in [2.24, 2.45) is 0 Å². The van der Waals surface area contributed by atoms with E-state index < -0.39 is 33.5 Å². The van der Waals surface area contributed by atoms with E-state index in [1.807, 2.05) is 0 Å². The molecule has 16 heteroatoms. The molecule has 0 saturated carbocycles. The van der Waals surface area contributed by atoms with Crippen LogP contribution < -0.4 is 4.90 Å². The fourth-order valence-electron chi connectivity index (χ4n) is 3.59. The van der Waals surface area contributed by atoms with E-state index >= 15 is 0 Å². The summed E-state index contributed by atoms with van der Waals surface area (Å²) in [6.45, 7) is 0.392. The second-order valence-electron chi connectivity index (χ2n) is 7.97. The van der Waals surface area contributed by atoms with Gasteiger partial charge in [-0.1, -0.05) is 23.2 Å². The molecule has 0 N–H and O–H groups in total. The van der Waals surface area contributed by atoms with E-state index in [4.69, 9.17) is 23.2 Å². The first-order valence-corrected chi connectivity index (χ1v) is 13.5. The van der Waals surface area contributed by atoms with E-state index in [9.17, 15) is 34.8 Å². The average Bonchev–Trinajstić information content (AvgIpc) is 3.29. The van der Waals surface area contributed by atoms with Gasteiger partial charge in [0, 0.05) is 49.9 Å². The maximum absolute atomic E-state index is 13.1. The van der Waals surface area contributed by atoms with Crippen molar-refractivity contribution >= 4 is 50.4 Å². The van der Waals surface area contributed by atoms with Crippen LogP contribution in [-0.2, 0) is 28.8 Å². The molecule has 1 saturated heterocycles. The Bertz CT molecular complexity index is 1400. The van der Waals surface area contributed by atoms with Crippen molar-refractivity contribution in [1.29, 1.82) is 0 Å². The Morgan fingerprint density at radius 3 is 1.97 bits per heavy atom. The summed E-state index contributed by atoms with van der Waals surface area (Å²) in [5.74, 6) is 0.131. The fourth-order valence-corrected chi connectivity index (χ4v) is 7.05. The number of sulfonamides is 1. The van der Waals surface area contributed by atoms with E-state index in [2.05, 4.69) is 9.97 Å². The molecule has 6 nitrogen and oxygen atoms in total. The maximum atomic E-state index is 13.1. The van der Waals surface area contributed by atoms with E-state index in [-0.39, 0.29) is 58.4 Å². The smallest absolute Gasteiger partial charge is 0.353 e. The zero-order chi connectivity index (χ0) is 27.2. The molecule has 3 aromatic heterocycles. The van der Waals surface area contributed by atoms with Crippen molar-refractivity contribution in [3.8, 4) is 0 Å². The minimum atomic E-state index is -4.59. The van der Waals surface area contributed by atoms with Gasteiger partial charge < -0.3 is 4.90 Å². The van der Waals surface area contributed by atoms with Gasteiger partial charge in [-0.15, -0.1) is 11.3 Å². The molecule has 1 aliphatic heterocycles. The summed E-state index contributed by atoms with van der Waals surface area (Å²) < 4.78 is 105. The highest BCUT2D eigenvalue weighted by atomic mass is 35.5. The molecule has 0 aliphatic carbocycles. The Hall–Kier alpha value is -2.13. The number of pyridine rings is 2. The monoisotopic (exact) mass is 604 g/mol. The molecule has 1 aliphatic rings. The van der Waals surface area contributed by atoms with Crippen LogP contribution in [0.25, 0.3) is 0 Å². The Kier molecular flexibility index (Phi) is 7.70. The normalized spacial score (nSPS) is 15.8. The van der Waals surface area contributed by atoms with E-state index in [0.717, 1.165) is 23.5 Å². The Labute approximate surface area is 221 Å². The molecule has 0 amide bonds. The summed E-state index contributed by atoms with van der Waals surface area (Å²) in [6.07, 6.45) is -7.78. The lowest BCUT2D eigenvalue weighted by molar-refractivity contribution is -0.138. The zero-order valence-corrected chi connectivity index (χ0v) is 21.6. The number of thiophene rings is 1. The lowest BCUT2D eigenvalue weighted by Crippen LogP contribution is -2.48. The lowest BCUT2D eigenvalue weighted by Gasteiger charge is -2.34. The van der Waals surface area contributed by atoms with Gasteiger partial charge in [0.1, 0.15) is 10.0 Å². The predicted molar refractivity (Wildman–Crippen MR) is 127 cm³/mol. The SMILES string of the molecule is O=S(=O)(c1ccc(Cc2ncc(C(F)(F)F)cc2Cl)s1)N1CCN(c2ncc(C(F)(F)F)cc2Cl)CC1. The van der Waals surface area contributed by atoms with Gasteiger partial charge >= 0.3 is 12.4 Å². The van der Waals surface area contributed by atoms with Gasteiger partial charge in [-0.05, 0) is 24.3 Å². The summed E-state index contributed by atoms with van der Waals surface area (Å²) in [5, 5.41) is -0.371. The van der Waals surface area contributed by atoms with Crippen LogP contribution >= 0.6 is 34.5 Å². The maximum Gasteiger partial charge on any atom is 0.417 e. The molecule has 0 radical (unpaired) electrons. The van der Waals surface area contributed by atoms with Crippen molar-refractivity contribution in [3.63, 3.8) is 0 Å². The first-order valence-electron chi connectivity index (χ1n) is 10.4. The van der Waals surface area contributed by atoms with Crippen molar-refractivity contribution in [1.82, 2.24) is 14.3 Å². The van der Waals surface area contributed by atoms with Crippen LogP contribution in [0, 0.1) is 0 Å². The van der Waals surface area contributed by atoms with Gasteiger partial charge in [0.25, 0.3) is 10.0 Å². The van der Waals surface area contributed by atoms with E-state index in [1.54, 1.807) is 4.90 Å². The number of halogens is 8. The van der Waals surface area contributed by atoms with Crippen LogP contribution in [0.1, 0.15) is 21.7 Å². The van der Waals surface area contributed by atoms with Crippen LogP contribution in [0.4, 0.5) is 32.2 Å². The summed E-state index contributed by atoms with van der Waals surface area (Å²) in [4.78, 5) is 9.72. The van der Waals surface area contributed by atoms with Gasteiger partial charge in [0.2, 0.25) is 0 Å². The second kappa shape index (κ2) is 10.2. The van der Waals surface area contributed by atoms with Crippen molar-refractivity contribution < 1.29 is 34.8 Å². The highest BCUT2D eigenvalue weighted by molar-refractivity contribution is 7.91. The lowest BCUT2D eigenvalue weighted by atomic mass is 10.2. The molecule has 0 aromatic carbocycles. The zero-order valence-electron chi connectivity index (χ0n) is 18.4. The molecule has 0 spiro atoms. The van der Waals surface area contributed by atoms with Crippen molar-refractivity contribution in [2.45, 2.75) is 23.0 Å². The molecule has 0 atom stereocenters. The van der Waals surface area contributed by atoms with E-state index in [0.29, 0.717) is 17.3 Å². The summed E-state index contributed by atoms with van der Waals surface area (Å²) in [5.41, 5.74) is -1.79. The van der Waals surface area contributed by atoms with Crippen LogP contribution in [0.3, 0.4) is 0 Å². The molecule has 37 heavy (non-hydrogen) atoms. The van der Waals surface area contributed by atoms with Crippen LogP contribution in [-0.4, -0.2) is 48.9 Å². The second-order valence-corrected chi connectivity index (χ2v) is 12.1. The molecule has 1 fully saturated rings. The van der Waals surface area contributed by atoms with Gasteiger partial charge in [0.15, 0.2) is 0 Å². The average molecular weight is 605 g/mol. The number of aromatic nitrogens is 2. The number of nitrogens with zero attached hydrogens (tertiary/aromatic N) is 4. The van der Waals surface area contributed by atoms with Crippen molar-refractivity contribution in [3.05, 3.63) is 68.4 Å². The summed E-state index contributed by atoms with van der Waals surface area (Å²) >= 11 is 12.9. The number of alkyl halides is 6. The van der Waals surface area contributed by atoms with Gasteiger partial charge in [-0.25, -0.2) is 13.4 Å². The minimum Gasteiger partial charge on any atom is -0.353 e. The number of hydrogen-bond acceptors (Lipinski definition) is 6. The fraction of sp³-hybridized carbons (Fsp3) is 0.333. The number of hydrogen-bond donors (Lipinski definition) is 0. The Morgan fingerprint density at radius 1 is 0.865 bits per heavy atom. The molecule has 4 heterocycles. The number of piperazine rings is 1. The molecule has 4 rings (SSSR count). The van der Waals surface area contributed by atoms with Crippen LogP contribution in [0.15, 0.2) is 40.9 Å². The van der Waals surface area contributed by atoms with Crippen LogP contribution in [0.2, 0.25) is 10.0 Å². The molecular weight excluding hydrogens is 589 g/mol. The third-order valence-corrected chi connectivity index (χ3v) is 9.56. The topological polar surface area (TPSA) is 66.4 Å². The van der Waals surface area contributed by atoms with Gasteiger partial charge in [0.05, 0.1) is 26.9 Å².